The molecule has 0 aliphatic heterocycles. The number of carbonyl (C=O) groups is 2. The third-order valence-corrected chi connectivity index (χ3v) is 3.74. The van der Waals surface area contributed by atoms with Crippen molar-refractivity contribution < 1.29 is 9.59 Å². The molecule has 0 unspecified atom stereocenters. The van der Waals surface area contributed by atoms with E-state index in [1.807, 2.05) is 31.2 Å². The predicted molar refractivity (Wildman–Crippen MR) is 91.5 cm³/mol. The van der Waals surface area contributed by atoms with E-state index in [-0.39, 0.29) is 30.9 Å². The van der Waals surface area contributed by atoms with Gasteiger partial charge in [-0.1, -0.05) is 41.9 Å². The zero-order chi connectivity index (χ0) is 16.4. The number of benzene rings is 1. The fourth-order valence-corrected chi connectivity index (χ4v) is 2.24. The highest BCUT2D eigenvalue weighted by molar-refractivity contribution is 9.10. The van der Waals surface area contributed by atoms with Gasteiger partial charge in [0.05, 0.1) is 13.1 Å². The van der Waals surface area contributed by atoms with E-state index in [1.165, 1.54) is 0 Å². The first kappa shape index (κ1) is 18.6. The number of amides is 2. The van der Waals surface area contributed by atoms with E-state index in [0.29, 0.717) is 6.54 Å². The molecule has 5 nitrogen and oxygen atoms in total. The summed E-state index contributed by atoms with van der Waals surface area (Å²) < 4.78 is 1.03. The van der Waals surface area contributed by atoms with Gasteiger partial charge in [0.2, 0.25) is 11.8 Å². The molecule has 3 N–H and O–H groups in total. The van der Waals surface area contributed by atoms with Crippen molar-refractivity contribution in [2.45, 2.75) is 32.7 Å². The van der Waals surface area contributed by atoms with E-state index in [0.717, 1.165) is 22.9 Å². The third-order valence-electron chi connectivity index (χ3n) is 3.21. The number of rotatable bonds is 9. The molecule has 0 radical (unpaired) electrons. The molecule has 22 heavy (non-hydrogen) atoms. The Hall–Kier alpha value is -1.40. The summed E-state index contributed by atoms with van der Waals surface area (Å²) in [7, 11) is 0. The molecule has 0 aromatic heterocycles. The van der Waals surface area contributed by atoms with Crippen molar-refractivity contribution in [3.63, 3.8) is 0 Å². The van der Waals surface area contributed by atoms with Crippen molar-refractivity contribution >= 4 is 27.7 Å². The van der Waals surface area contributed by atoms with Gasteiger partial charge in [0, 0.05) is 17.1 Å². The molecular weight excluding hydrogens is 346 g/mol. The molecule has 1 atom stereocenters. The van der Waals surface area contributed by atoms with Crippen LogP contribution in [0.3, 0.4) is 0 Å². The zero-order valence-electron chi connectivity index (χ0n) is 13.1. The minimum absolute atomic E-state index is 0.0234. The molecule has 0 fully saturated rings. The largest absolute Gasteiger partial charge is 0.355 e. The Morgan fingerprint density at radius 2 is 1.68 bits per heavy atom. The standard InChI is InChI=1S/C16H24BrN3O2/c1-3-9-18-15(21)11-20-16(22)10-19-14(4-2)12-5-7-13(17)8-6-12/h5-8,14,19H,3-4,9-11H2,1-2H3,(H,18,21)(H,20,22)/t14-/m1/s1. The van der Waals surface area contributed by atoms with Crippen LogP contribution >= 0.6 is 15.9 Å². The van der Waals surface area contributed by atoms with Crippen LogP contribution in [0.15, 0.2) is 28.7 Å². The summed E-state index contributed by atoms with van der Waals surface area (Å²) in [5.41, 5.74) is 1.14. The highest BCUT2D eigenvalue weighted by Gasteiger charge is 2.11. The van der Waals surface area contributed by atoms with Gasteiger partial charge in [-0.3, -0.25) is 9.59 Å². The molecular formula is C16H24BrN3O2. The molecule has 1 aromatic rings. The first-order valence-electron chi connectivity index (χ1n) is 7.59. The van der Waals surface area contributed by atoms with E-state index < -0.39 is 0 Å². The lowest BCUT2D eigenvalue weighted by Gasteiger charge is -2.17. The number of hydrogen-bond acceptors (Lipinski definition) is 3. The molecule has 6 heteroatoms. The Balaban J connectivity index is 2.35. The van der Waals surface area contributed by atoms with Crippen LogP contribution in [0.25, 0.3) is 0 Å². The second-order valence-corrected chi connectivity index (χ2v) is 5.94. The molecule has 0 saturated heterocycles. The lowest BCUT2D eigenvalue weighted by atomic mass is 10.0. The minimum atomic E-state index is -0.179. The highest BCUT2D eigenvalue weighted by atomic mass is 79.9. The fraction of sp³-hybridized carbons (Fsp3) is 0.500. The average Bonchev–Trinajstić information content (AvgIpc) is 2.53. The molecule has 0 aliphatic rings. The highest BCUT2D eigenvalue weighted by Crippen LogP contribution is 2.19. The summed E-state index contributed by atoms with van der Waals surface area (Å²) in [5, 5.41) is 8.54. The summed E-state index contributed by atoms with van der Waals surface area (Å²) in [6.45, 7) is 4.89. The van der Waals surface area contributed by atoms with Crippen LogP contribution in [0.2, 0.25) is 0 Å². The smallest absolute Gasteiger partial charge is 0.239 e. The Morgan fingerprint density at radius 1 is 1.05 bits per heavy atom. The van der Waals surface area contributed by atoms with Gasteiger partial charge in [0.25, 0.3) is 0 Å². The maximum atomic E-state index is 11.8. The van der Waals surface area contributed by atoms with E-state index in [1.54, 1.807) is 0 Å². The topological polar surface area (TPSA) is 70.2 Å². The van der Waals surface area contributed by atoms with E-state index >= 15 is 0 Å². The van der Waals surface area contributed by atoms with Gasteiger partial charge in [-0.05, 0) is 30.5 Å². The molecule has 0 aliphatic carbocycles. The summed E-state index contributed by atoms with van der Waals surface area (Å²) in [6.07, 6.45) is 1.76. The second-order valence-electron chi connectivity index (χ2n) is 5.02. The Morgan fingerprint density at radius 3 is 2.27 bits per heavy atom. The van der Waals surface area contributed by atoms with Crippen LogP contribution < -0.4 is 16.0 Å². The van der Waals surface area contributed by atoms with Crippen molar-refractivity contribution in [3.8, 4) is 0 Å². The van der Waals surface area contributed by atoms with Crippen LogP contribution in [-0.4, -0.2) is 31.4 Å². The molecule has 1 aromatic carbocycles. The van der Waals surface area contributed by atoms with Crippen LogP contribution in [0, 0.1) is 0 Å². The Bertz CT molecular complexity index is 477. The molecule has 0 saturated carbocycles. The van der Waals surface area contributed by atoms with Crippen LogP contribution in [0.1, 0.15) is 38.3 Å². The first-order chi connectivity index (χ1) is 10.6. The van der Waals surface area contributed by atoms with E-state index in [2.05, 4.69) is 38.8 Å². The van der Waals surface area contributed by atoms with Crippen molar-refractivity contribution in [2.24, 2.45) is 0 Å². The van der Waals surface area contributed by atoms with Crippen molar-refractivity contribution in [2.75, 3.05) is 19.6 Å². The summed E-state index contributed by atoms with van der Waals surface area (Å²) >= 11 is 3.41. The van der Waals surface area contributed by atoms with Crippen LogP contribution in [0.5, 0.6) is 0 Å². The predicted octanol–water partition coefficient (Wildman–Crippen LogP) is 2.13. The van der Waals surface area contributed by atoms with E-state index in [9.17, 15) is 9.59 Å². The van der Waals surface area contributed by atoms with Crippen LogP contribution in [0.4, 0.5) is 0 Å². The zero-order valence-corrected chi connectivity index (χ0v) is 14.7. The maximum Gasteiger partial charge on any atom is 0.239 e. The van der Waals surface area contributed by atoms with Gasteiger partial charge >= 0.3 is 0 Å². The monoisotopic (exact) mass is 369 g/mol. The maximum absolute atomic E-state index is 11.8. The van der Waals surface area contributed by atoms with Crippen LogP contribution in [-0.2, 0) is 9.59 Å². The molecule has 2 amide bonds. The summed E-state index contributed by atoms with van der Waals surface area (Å²) in [5.74, 6) is -0.336. The summed E-state index contributed by atoms with van der Waals surface area (Å²) in [4.78, 5) is 23.2. The summed E-state index contributed by atoms with van der Waals surface area (Å²) in [6, 6.07) is 8.14. The molecule has 0 heterocycles. The Kier molecular flexibility index (Phi) is 8.77. The van der Waals surface area contributed by atoms with Crippen molar-refractivity contribution in [3.05, 3.63) is 34.3 Å². The average molecular weight is 370 g/mol. The lowest BCUT2D eigenvalue weighted by molar-refractivity contribution is -0.125. The third kappa shape index (κ3) is 7.04. The number of nitrogens with one attached hydrogen (secondary N) is 3. The molecule has 0 bridgehead atoms. The normalized spacial score (nSPS) is 11.8. The van der Waals surface area contributed by atoms with Gasteiger partial charge < -0.3 is 16.0 Å². The second kappa shape index (κ2) is 10.3. The number of halogens is 1. The molecule has 122 valence electrons. The quantitative estimate of drug-likeness (QED) is 0.624. The van der Waals surface area contributed by atoms with Gasteiger partial charge in [0.15, 0.2) is 0 Å². The van der Waals surface area contributed by atoms with Crippen molar-refractivity contribution in [1.82, 2.24) is 16.0 Å². The molecule has 1 rings (SSSR count). The number of hydrogen-bond donors (Lipinski definition) is 3. The van der Waals surface area contributed by atoms with E-state index in [4.69, 9.17) is 0 Å². The molecule has 0 spiro atoms. The first-order valence-corrected chi connectivity index (χ1v) is 8.38. The van der Waals surface area contributed by atoms with Crippen molar-refractivity contribution in [1.29, 1.82) is 0 Å². The Labute approximate surface area is 140 Å². The van der Waals surface area contributed by atoms with Gasteiger partial charge in [-0.15, -0.1) is 0 Å². The van der Waals surface area contributed by atoms with Gasteiger partial charge in [0.1, 0.15) is 0 Å². The van der Waals surface area contributed by atoms with Gasteiger partial charge in [-0.25, -0.2) is 0 Å². The number of carbonyl (C=O) groups excluding carboxylic acids is 2. The minimum Gasteiger partial charge on any atom is -0.355 e. The lowest BCUT2D eigenvalue weighted by Crippen LogP contribution is -2.41. The van der Waals surface area contributed by atoms with Gasteiger partial charge in [-0.2, -0.15) is 0 Å². The fourth-order valence-electron chi connectivity index (χ4n) is 1.98. The SMILES string of the molecule is CCCNC(=O)CNC(=O)CN[C@H](CC)c1ccc(Br)cc1.